The van der Waals surface area contributed by atoms with E-state index in [9.17, 15) is 0 Å². The number of hydrogen-bond donors (Lipinski definition) is 0. The van der Waals surface area contributed by atoms with E-state index in [1.165, 1.54) is 76.5 Å². The summed E-state index contributed by atoms with van der Waals surface area (Å²) in [4.78, 5) is 2.38. The first-order valence-electron chi connectivity index (χ1n) is 18.2. The van der Waals surface area contributed by atoms with E-state index < -0.39 is 0 Å². The second-order valence-electron chi connectivity index (χ2n) is 13.8. The van der Waals surface area contributed by atoms with Crippen LogP contribution in [0.5, 0.6) is 0 Å². The fourth-order valence-electron chi connectivity index (χ4n) is 7.91. The number of nitrogens with zero attached hydrogens (tertiary/aromatic N) is 1. The standard InChI is InChI=1S/C52H35N/c1-2-10-36(11-3-1)42-15-8-17-48(34-42)53(47-29-26-38(27-30-47)44-24-20-37-12-4-5-14-41(37)32-44)49-18-9-16-43(35-49)45-28-31-51-46(33-45)25-23-40-22-21-39-13-6-7-19-50(39)52(40)51/h1-35H. The Morgan fingerprint density at radius 3 is 1.47 bits per heavy atom. The van der Waals surface area contributed by atoms with E-state index in [1.807, 2.05) is 0 Å². The van der Waals surface area contributed by atoms with Gasteiger partial charge in [0.2, 0.25) is 0 Å². The Kier molecular flexibility index (Phi) is 7.55. The minimum absolute atomic E-state index is 1.11. The molecule has 0 saturated carbocycles. The highest BCUT2D eigenvalue weighted by Crippen LogP contribution is 2.40. The Morgan fingerprint density at radius 2 is 0.698 bits per heavy atom. The molecular weight excluding hydrogens is 639 g/mol. The zero-order valence-electron chi connectivity index (χ0n) is 29.2. The molecule has 0 bridgehead atoms. The second kappa shape index (κ2) is 13.0. The minimum atomic E-state index is 1.11. The van der Waals surface area contributed by atoms with Gasteiger partial charge in [0.05, 0.1) is 0 Å². The first kappa shape index (κ1) is 30.8. The van der Waals surface area contributed by atoms with Crippen LogP contribution in [0.2, 0.25) is 0 Å². The lowest BCUT2D eigenvalue weighted by Gasteiger charge is -2.27. The fourth-order valence-corrected chi connectivity index (χ4v) is 7.91. The van der Waals surface area contributed by atoms with Crippen LogP contribution in [0.15, 0.2) is 212 Å². The molecule has 0 N–H and O–H groups in total. The zero-order chi connectivity index (χ0) is 35.1. The summed E-state index contributed by atoms with van der Waals surface area (Å²) in [5, 5.41) is 10.2. The summed E-state index contributed by atoms with van der Waals surface area (Å²) in [6.07, 6.45) is 0. The molecule has 1 nitrogen and oxygen atoms in total. The number of anilines is 3. The van der Waals surface area contributed by atoms with Gasteiger partial charge in [-0.3, -0.25) is 0 Å². The van der Waals surface area contributed by atoms with Gasteiger partial charge < -0.3 is 4.90 Å². The van der Waals surface area contributed by atoms with Crippen molar-refractivity contribution >= 4 is 60.2 Å². The van der Waals surface area contributed by atoms with Crippen molar-refractivity contribution in [3.63, 3.8) is 0 Å². The highest BCUT2D eigenvalue weighted by Gasteiger charge is 2.16. The van der Waals surface area contributed by atoms with E-state index in [0.29, 0.717) is 0 Å². The molecule has 0 radical (unpaired) electrons. The van der Waals surface area contributed by atoms with Gasteiger partial charge in [-0.1, -0.05) is 164 Å². The topological polar surface area (TPSA) is 3.24 Å². The van der Waals surface area contributed by atoms with Crippen molar-refractivity contribution in [1.29, 1.82) is 0 Å². The summed E-state index contributed by atoms with van der Waals surface area (Å²) in [5.74, 6) is 0. The van der Waals surface area contributed by atoms with Gasteiger partial charge in [-0.15, -0.1) is 0 Å². The summed E-state index contributed by atoms with van der Waals surface area (Å²) in [6, 6.07) is 77.3. The second-order valence-corrected chi connectivity index (χ2v) is 13.8. The van der Waals surface area contributed by atoms with Crippen molar-refractivity contribution in [2.24, 2.45) is 0 Å². The van der Waals surface area contributed by atoms with E-state index in [-0.39, 0.29) is 0 Å². The molecule has 1 heteroatoms. The van der Waals surface area contributed by atoms with Gasteiger partial charge >= 0.3 is 0 Å². The maximum Gasteiger partial charge on any atom is 0.0467 e. The van der Waals surface area contributed by atoms with Crippen LogP contribution in [-0.4, -0.2) is 0 Å². The van der Waals surface area contributed by atoms with Crippen LogP contribution in [0.1, 0.15) is 0 Å². The lowest BCUT2D eigenvalue weighted by molar-refractivity contribution is 1.28. The molecule has 0 aliphatic heterocycles. The fraction of sp³-hybridized carbons (Fsp3) is 0. The molecule has 0 saturated heterocycles. The average Bonchev–Trinajstić information content (AvgIpc) is 3.24. The monoisotopic (exact) mass is 673 g/mol. The SMILES string of the molecule is c1ccc(-c2cccc(N(c3ccc(-c4ccc5ccccc5c4)cc3)c3cccc(-c4ccc5c(ccc6ccc7ccccc7c65)c4)c3)c2)cc1. The quantitative estimate of drug-likeness (QED) is 0.159. The average molecular weight is 674 g/mol. The maximum atomic E-state index is 2.38. The molecule has 0 atom stereocenters. The van der Waals surface area contributed by atoms with Crippen molar-refractivity contribution in [1.82, 2.24) is 0 Å². The van der Waals surface area contributed by atoms with Gasteiger partial charge in [-0.05, 0) is 125 Å². The molecule has 0 heterocycles. The molecule has 0 amide bonds. The minimum Gasteiger partial charge on any atom is -0.310 e. The molecule has 0 aliphatic rings. The van der Waals surface area contributed by atoms with E-state index in [2.05, 4.69) is 217 Å². The molecule has 53 heavy (non-hydrogen) atoms. The summed E-state index contributed by atoms with van der Waals surface area (Å²) in [6.45, 7) is 0. The normalized spacial score (nSPS) is 11.4. The number of hydrogen-bond acceptors (Lipinski definition) is 1. The Bertz CT molecular complexity index is 2940. The third-order valence-corrected chi connectivity index (χ3v) is 10.6. The lowest BCUT2D eigenvalue weighted by Crippen LogP contribution is -2.10. The number of benzene rings is 10. The van der Waals surface area contributed by atoms with Crippen LogP contribution in [0.3, 0.4) is 0 Å². The van der Waals surface area contributed by atoms with Crippen molar-refractivity contribution in [3.8, 4) is 33.4 Å². The summed E-state index contributed by atoms with van der Waals surface area (Å²) in [7, 11) is 0. The van der Waals surface area contributed by atoms with Crippen LogP contribution < -0.4 is 4.90 Å². The van der Waals surface area contributed by atoms with Crippen molar-refractivity contribution < 1.29 is 0 Å². The van der Waals surface area contributed by atoms with Crippen molar-refractivity contribution in [2.75, 3.05) is 4.90 Å². The first-order valence-corrected chi connectivity index (χ1v) is 18.2. The first-order chi connectivity index (χ1) is 26.2. The number of rotatable bonds is 6. The summed E-state index contributed by atoms with van der Waals surface area (Å²) >= 11 is 0. The molecule has 0 fully saturated rings. The van der Waals surface area contributed by atoms with Crippen LogP contribution in [0, 0.1) is 0 Å². The van der Waals surface area contributed by atoms with Gasteiger partial charge in [0.1, 0.15) is 0 Å². The number of fused-ring (bicyclic) bond motifs is 6. The molecule has 10 aromatic rings. The smallest absolute Gasteiger partial charge is 0.0467 e. The third kappa shape index (κ3) is 5.69. The Balaban J connectivity index is 1.08. The highest BCUT2D eigenvalue weighted by atomic mass is 15.1. The third-order valence-electron chi connectivity index (χ3n) is 10.6. The molecule has 0 aliphatic carbocycles. The van der Waals surface area contributed by atoms with Crippen molar-refractivity contribution in [2.45, 2.75) is 0 Å². The Hall–Kier alpha value is -6.96. The van der Waals surface area contributed by atoms with Gasteiger partial charge in [-0.25, -0.2) is 0 Å². The summed E-state index contributed by atoms with van der Waals surface area (Å²) < 4.78 is 0. The van der Waals surface area contributed by atoms with Gasteiger partial charge in [0.25, 0.3) is 0 Å². The largest absolute Gasteiger partial charge is 0.310 e. The van der Waals surface area contributed by atoms with E-state index >= 15 is 0 Å². The Morgan fingerprint density at radius 1 is 0.226 bits per heavy atom. The van der Waals surface area contributed by atoms with E-state index in [1.54, 1.807) is 0 Å². The maximum absolute atomic E-state index is 2.38. The molecule has 0 unspecified atom stereocenters. The predicted octanol–water partition coefficient (Wildman–Crippen LogP) is 14.8. The molecule has 0 spiro atoms. The van der Waals surface area contributed by atoms with Crippen LogP contribution >= 0.6 is 0 Å². The molecule has 10 aromatic carbocycles. The predicted molar refractivity (Wildman–Crippen MR) is 227 cm³/mol. The Labute approximate surface area is 309 Å². The van der Waals surface area contributed by atoms with Crippen LogP contribution in [0.4, 0.5) is 17.1 Å². The lowest BCUT2D eigenvalue weighted by atomic mass is 9.94. The van der Waals surface area contributed by atoms with Crippen molar-refractivity contribution in [3.05, 3.63) is 212 Å². The van der Waals surface area contributed by atoms with Crippen LogP contribution in [-0.2, 0) is 0 Å². The van der Waals surface area contributed by atoms with Gasteiger partial charge in [-0.2, -0.15) is 0 Å². The highest BCUT2D eigenvalue weighted by molar-refractivity contribution is 6.20. The van der Waals surface area contributed by atoms with Gasteiger partial charge in [0.15, 0.2) is 0 Å². The van der Waals surface area contributed by atoms with E-state index in [0.717, 1.165) is 17.1 Å². The molecular formula is C52H35N. The molecule has 248 valence electrons. The molecule has 0 aromatic heterocycles. The van der Waals surface area contributed by atoms with Crippen LogP contribution in [0.25, 0.3) is 76.5 Å². The van der Waals surface area contributed by atoms with Gasteiger partial charge in [0, 0.05) is 17.1 Å². The zero-order valence-corrected chi connectivity index (χ0v) is 29.2. The van der Waals surface area contributed by atoms with E-state index in [4.69, 9.17) is 0 Å². The molecule has 10 rings (SSSR count). The summed E-state index contributed by atoms with van der Waals surface area (Å²) in [5.41, 5.74) is 10.5.